The summed E-state index contributed by atoms with van der Waals surface area (Å²) in [6.45, 7) is 1.92. The van der Waals surface area contributed by atoms with Gasteiger partial charge in [0, 0.05) is 11.2 Å². The molecule has 0 aliphatic carbocycles. The van der Waals surface area contributed by atoms with Crippen LogP contribution in [0.25, 0.3) is 0 Å². The van der Waals surface area contributed by atoms with E-state index in [2.05, 4.69) is 10.3 Å². The standard InChI is InChI=1S/C13H11Cl2N3S/c1-7-4-5-17-13(11(7)12(16)19)18-10-3-2-8(14)6-9(10)15/h2-6H,1H3,(H2,16,19)(H,17,18). The maximum atomic E-state index is 6.11. The Morgan fingerprint density at radius 1 is 1.32 bits per heavy atom. The van der Waals surface area contributed by atoms with E-state index >= 15 is 0 Å². The summed E-state index contributed by atoms with van der Waals surface area (Å²) in [7, 11) is 0. The largest absolute Gasteiger partial charge is 0.389 e. The second kappa shape index (κ2) is 5.74. The Morgan fingerprint density at radius 2 is 2.05 bits per heavy atom. The van der Waals surface area contributed by atoms with Crippen molar-refractivity contribution in [2.24, 2.45) is 5.73 Å². The zero-order valence-corrected chi connectivity index (χ0v) is 12.4. The number of thiocarbonyl (C=S) groups is 1. The molecule has 0 saturated heterocycles. The van der Waals surface area contributed by atoms with Crippen molar-refractivity contribution in [2.45, 2.75) is 6.92 Å². The highest BCUT2D eigenvalue weighted by molar-refractivity contribution is 7.80. The number of nitrogens with two attached hydrogens (primary N) is 1. The van der Waals surface area contributed by atoms with E-state index in [0.717, 1.165) is 5.56 Å². The summed E-state index contributed by atoms with van der Waals surface area (Å²) in [6.07, 6.45) is 1.68. The average Bonchev–Trinajstić information content (AvgIpc) is 2.32. The van der Waals surface area contributed by atoms with Crippen LogP contribution in [-0.2, 0) is 0 Å². The number of aryl methyl sites for hydroxylation is 1. The molecule has 0 saturated carbocycles. The minimum absolute atomic E-state index is 0.290. The number of hydrogen-bond acceptors (Lipinski definition) is 3. The van der Waals surface area contributed by atoms with E-state index in [1.807, 2.05) is 13.0 Å². The first kappa shape index (κ1) is 14.1. The Labute approximate surface area is 126 Å². The fourth-order valence-corrected chi connectivity index (χ4v) is 2.40. The topological polar surface area (TPSA) is 50.9 Å². The summed E-state index contributed by atoms with van der Waals surface area (Å²) in [5.74, 6) is 0.580. The lowest BCUT2D eigenvalue weighted by atomic mass is 10.1. The molecule has 0 aliphatic rings. The third-order valence-electron chi connectivity index (χ3n) is 2.59. The van der Waals surface area contributed by atoms with Crippen molar-refractivity contribution < 1.29 is 0 Å². The van der Waals surface area contributed by atoms with Crippen LogP contribution in [0.15, 0.2) is 30.5 Å². The first-order valence-corrected chi connectivity index (χ1v) is 6.63. The van der Waals surface area contributed by atoms with Gasteiger partial charge in [0.15, 0.2) is 0 Å². The second-order valence-corrected chi connectivity index (χ2v) is 5.25. The van der Waals surface area contributed by atoms with Gasteiger partial charge in [0.05, 0.1) is 16.3 Å². The molecule has 2 rings (SSSR count). The van der Waals surface area contributed by atoms with Gasteiger partial charge in [0.25, 0.3) is 0 Å². The smallest absolute Gasteiger partial charge is 0.140 e. The number of halogens is 2. The van der Waals surface area contributed by atoms with E-state index in [1.54, 1.807) is 24.4 Å². The van der Waals surface area contributed by atoms with Crippen LogP contribution in [0.2, 0.25) is 10.0 Å². The van der Waals surface area contributed by atoms with Crippen LogP contribution in [0, 0.1) is 6.92 Å². The molecule has 0 atom stereocenters. The molecule has 0 bridgehead atoms. The molecule has 3 nitrogen and oxygen atoms in total. The molecular weight excluding hydrogens is 301 g/mol. The van der Waals surface area contributed by atoms with E-state index in [1.165, 1.54) is 0 Å². The van der Waals surface area contributed by atoms with Gasteiger partial charge in [-0.05, 0) is 36.8 Å². The van der Waals surface area contributed by atoms with E-state index in [4.69, 9.17) is 41.2 Å². The van der Waals surface area contributed by atoms with Crippen LogP contribution < -0.4 is 11.1 Å². The van der Waals surface area contributed by atoms with Crippen molar-refractivity contribution in [1.82, 2.24) is 4.98 Å². The Bertz CT molecular complexity index is 644. The van der Waals surface area contributed by atoms with E-state index in [9.17, 15) is 0 Å². The maximum absolute atomic E-state index is 6.11. The molecular formula is C13H11Cl2N3S. The molecule has 0 amide bonds. The van der Waals surface area contributed by atoms with Crippen LogP contribution in [0.3, 0.4) is 0 Å². The fraction of sp³-hybridized carbons (Fsp3) is 0.0769. The number of hydrogen-bond donors (Lipinski definition) is 2. The number of aromatic nitrogens is 1. The number of nitrogens with one attached hydrogen (secondary N) is 1. The zero-order valence-electron chi connectivity index (χ0n) is 10.1. The Hall–Kier alpha value is -1.36. The first-order valence-electron chi connectivity index (χ1n) is 5.46. The highest BCUT2D eigenvalue weighted by Gasteiger charge is 2.11. The predicted octanol–water partition coefficient (Wildman–Crippen LogP) is 4.07. The monoisotopic (exact) mass is 311 g/mol. The summed E-state index contributed by atoms with van der Waals surface area (Å²) in [5, 5.41) is 4.20. The summed E-state index contributed by atoms with van der Waals surface area (Å²) in [4.78, 5) is 4.54. The molecule has 0 radical (unpaired) electrons. The van der Waals surface area contributed by atoms with Gasteiger partial charge < -0.3 is 11.1 Å². The van der Waals surface area contributed by atoms with Gasteiger partial charge in [-0.1, -0.05) is 35.4 Å². The van der Waals surface area contributed by atoms with Gasteiger partial charge in [-0.15, -0.1) is 0 Å². The normalized spacial score (nSPS) is 10.3. The van der Waals surface area contributed by atoms with Crippen molar-refractivity contribution in [3.05, 3.63) is 51.6 Å². The molecule has 0 aliphatic heterocycles. The lowest BCUT2D eigenvalue weighted by Crippen LogP contribution is -2.14. The van der Waals surface area contributed by atoms with Crippen molar-refractivity contribution in [2.75, 3.05) is 5.32 Å². The van der Waals surface area contributed by atoms with Crippen LogP contribution in [0.1, 0.15) is 11.1 Å². The number of benzene rings is 1. The zero-order chi connectivity index (χ0) is 14.0. The van der Waals surface area contributed by atoms with Crippen molar-refractivity contribution in [3.8, 4) is 0 Å². The number of anilines is 2. The molecule has 1 aromatic heterocycles. The minimum atomic E-state index is 0.290. The van der Waals surface area contributed by atoms with Crippen LogP contribution >= 0.6 is 35.4 Å². The summed E-state index contributed by atoms with van der Waals surface area (Å²) < 4.78 is 0. The summed E-state index contributed by atoms with van der Waals surface area (Å²) >= 11 is 17.0. The summed E-state index contributed by atoms with van der Waals surface area (Å²) in [6, 6.07) is 7.02. The molecule has 19 heavy (non-hydrogen) atoms. The van der Waals surface area contributed by atoms with E-state index < -0.39 is 0 Å². The second-order valence-electron chi connectivity index (χ2n) is 3.96. The first-order chi connectivity index (χ1) is 8.99. The van der Waals surface area contributed by atoms with Crippen molar-refractivity contribution >= 4 is 51.9 Å². The van der Waals surface area contributed by atoms with E-state index in [-0.39, 0.29) is 4.99 Å². The molecule has 6 heteroatoms. The van der Waals surface area contributed by atoms with Gasteiger partial charge >= 0.3 is 0 Å². The molecule has 1 heterocycles. The van der Waals surface area contributed by atoms with Gasteiger partial charge in [-0.2, -0.15) is 0 Å². The molecule has 0 unspecified atom stereocenters. The van der Waals surface area contributed by atoms with Crippen LogP contribution in [0.4, 0.5) is 11.5 Å². The van der Waals surface area contributed by atoms with Crippen molar-refractivity contribution in [3.63, 3.8) is 0 Å². The molecule has 0 spiro atoms. The third kappa shape index (κ3) is 3.15. The van der Waals surface area contributed by atoms with E-state index in [0.29, 0.717) is 27.1 Å². The predicted molar refractivity (Wildman–Crippen MR) is 84.6 cm³/mol. The average molecular weight is 312 g/mol. The van der Waals surface area contributed by atoms with Crippen molar-refractivity contribution in [1.29, 1.82) is 0 Å². The van der Waals surface area contributed by atoms with Gasteiger partial charge in [0.1, 0.15) is 10.8 Å². The molecule has 0 fully saturated rings. The Balaban J connectivity index is 2.44. The number of rotatable bonds is 3. The quantitative estimate of drug-likeness (QED) is 0.839. The van der Waals surface area contributed by atoms with Gasteiger partial charge in [0.2, 0.25) is 0 Å². The highest BCUT2D eigenvalue weighted by Crippen LogP contribution is 2.29. The molecule has 1 aromatic carbocycles. The van der Waals surface area contributed by atoms with Crippen LogP contribution in [-0.4, -0.2) is 9.97 Å². The third-order valence-corrected chi connectivity index (χ3v) is 3.34. The lowest BCUT2D eigenvalue weighted by Gasteiger charge is -2.13. The maximum Gasteiger partial charge on any atom is 0.140 e. The lowest BCUT2D eigenvalue weighted by molar-refractivity contribution is 1.26. The van der Waals surface area contributed by atoms with Crippen LogP contribution in [0.5, 0.6) is 0 Å². The highest BCUT2D eigenvalue weighted by atomic mass is 35.5. The molecule has 98 valence electrons. The van der Waals surface area contributed by atoms with Gasteiger partial charge in [-0.25, -0.2) is 4.98 Å². The number of nitrogens with zero attached hydrogens (tertiary/aromatic N) is 1. The number of pyridine rings is 1. The molecule has 2 aromatic rings. The Kier molecular flexibility index (Phi) is 4.24. The van der Waals surface area contributed by atoms with Gasteiger partial charge in [-0.3, -0.25) is 0 Å². The fourth-order valence-electron chi connectivity index (χ4n) is 1.68. The summed E-state index contributed by atoms with van der Waals surface area (Å²) in [5.41, 5.74) is 8.09. The molecule has 3 N–H and O–H groups in total. The SMILES string of the molecule is Cc1ccnc(Nc2ccc(Cl)cc2Cl)c1C(N)=S. The Morgan fingerprint density at radius 3 is 2.68 bits per heavy atom. The minimum Gasteiger partial charge on any atom is -0.389 e.